The molecule has 10 aromatic carbocycles. The Morgan fingerprint density at radius 2 is 0.952 bits per heavy atom. The van der Waals surface area contributed by atoms with E-state index in [1.165, 1.54) is 36.3 Å². The molecule has 14 rings (SSSR count). The zero-order valence-corrected chi connectivity index (χ0v) is 34.4. The Morgan fingerprint density at radius 1 is 0.365 bits per heavy atom. The van der Waals surface area contributed by atoms with Crippen LogP contribution in [0.4, 0.5) is 0 Å². The number of hydrogen-bond acceptors (Lipinski definition) is 5. The van der Waals surface area contributed by atoms with Crippen LogP contribution >= 0.6 is 11.3 Å². The molecule has 0 spiro atoms. The number of nitrogens with zero attached hydrogens (tertiary/aromatic N) is 4. The molecule has 0 N–H and O–H groups in total. The summed E-state index contributed by atoms with van der Waals surface area (Å²) in [5.74, 6) is 1.82. The van der Waals surface area contributed by atoms with Gasteiger partial charge < -0.3 is 8.98 Å². The van der Waals surface area contributed by atoms with Crippen molar-refractivity contribution in [2.45, 2.75) is 0 Å². The van der Waals surface area contributed by atoms with Gasteiger partial charge in [0.1, 0.15) is 11.2 Å². The highest BCUT2D eigenvalue weighted by Crippen LogP contribution is 2.44. The van der Waals surface area contributed by atoms with Gasteiger partial charge >= 0.3 is 0 Å². The van der Waals surface area contributed by atoms with Crippen LogP contribution < -0.4 is 0 Å². The zero-order valence-electron chi connectivity index (χ0n) is 33.6. The monoisotopic (exact) mass is 820 g/mol. The van der Waals surface area contributed by atoms with Gasteiger partial charge in [0.25, 0.3) is 0 Å². The lowest BCUT2D eigenvalue weighted by Gasteiger charge is -2.15. The summed E-state index contributed by atoms with van der Waals surface area (Å²) >= 11 is 1.80. The van der Waals surface area contributed by atoms with Crippen LogP contribution in [0, 0.1) is 0 Å². The Bertz CT molecular complexity index is 4230. The van der Waals surface area contributed by atoms with E-state index < -0.39 is 0 Å². The first-order chi connectivity index (χ1) is 31.2. The fourth-order valence-electron chi connectivity index (χ4n) is 9.81. The molecule has 292 valence electrons. The summed E-state index contributed by atoms with van der Waals surface area (Å²) in [5, 5.41) is 13.7. The first kappa shape index (κ1) is 34.5. The van der Waals surface area contributed by atoms with E-state index in [4.69, 9.17) is 19.4 Å². The fraction of sp³-hybridized carbons (Fsp3) is 0. The van der Waals surface area contributed by atoms with E-state index in [9.17, 15) is 0 Å². The second-order valence-corrected chi connectivity index (χ2v) is 17.5. The van der Waals surface area contributed by atoms with E-state index in [1.807, 2.05) is 0 Å². The number of fused-ring (bicyclic) bond motifs is 12. The minimum atomic E-state index is 0.582. The molecule has 4 heterocycles. The van der Waals surface area contributed by atoms with E-state index in [0.29, 0.717) is 17.5 Å². The molecular weight excluding hydrogens is 789 g/mol. The molecule has 0 fully saturated rings. The van der Waals surface area contributed by atoms with Crippen molar-refractivity contribution < 1.29 is 4.42 Å². The largest absolute Gasteiger partial charge is 0.456 e. The van der Waals surface area contributed by atoms with Gasteiger partial charge in [0.05, 0.1) is 16.7 Å². The van der Waals surface area contributed by atoms with Crippen LogP contribution in [0.3, 0.4) is 0 Å². The molecule has 0 saturated heterocycles. The number of furan rings is 1. The Labute approximate surface area is 363 Å². The van der Waals surface area contributed by atoms with Gasteiger partial charge in [-0.3, -0.25) is 0 Å². The van der Waals surface area contributed by atoms with Crippen molar-refractivity contribution in [3.63, 3.8) is 0 Å². The predicted octanol–water partition coefficient (Wildman–Crippen LogP) is 15.7. The summed E-state index contributed by atoms with van der Waals surface area (Å²) in [4.78, 5) is 16.4. The normalized spacial score (nSPS) is 12.1. The number of aromatic nitrogens is 4. The molecule has 0 radical (unpaired) electrons. The fourth-order valence-corrected chi connectivity index (χ4v) is 10.9. The summed E-state index contributed by atoms with van der Waals surface area (Å²) in [6, 6.07) is 69.2. The van der Waals surface area contributed by atoms with Gasteiger partial charge in [-0.25, -0.2) is 15.0 Å². The molecule has 0 atom stereocenters. The average molecular weight is 821 g/mol. The van der Waals surface area contributed by atoms with Gasteiger partial charge in [-0.15, -0.1) is 11.3 Å². The van der Waals surface area contributed by atoms with E-state index in [0.717, 1.165) is 82.3 Å². The highest BCUT2D eigenvalue weighted by Gasteiger charge is 2.24. The van der Waals surface area contributed by atoms with Crippen LogP contribution in [0.1, 0.15) is 0 Å². The lowest BCUT2D eigenvalue weighted by molar-refractivity contribution is 0.669. The van der Waals surface area contributed by atoms with Gasteiger partial charge in [-0.1, -0.05) is 133 Å². The van der Waals surface area contributed by atoms with Crippen LogP contribution in [0.15, 0.2) is 199 Å². The minimum absolute atomic E-state index is 0.582. The summed E-state index contributed by atoms with van der Waals surface area (Å²) in [6.07, 6.45) is 0. The third kappa shape index (κ3) is 5.25. The van der Waals surface area contributed by atoms with Gasteiger partial charge in [0.15, 0.2) is 17.5 Å². The summed E-state index contributed by atoms with van der Waals surface area (Å²) in [7, 11) is 0. The van der Waals surface area contributed by atoms with E-state index >= 15 is 0 Å². The van der Waals surface area contributed by atoms with Crippen molar-refractivity contribution in [2.24, 2.45) is 0 Å². The molecule has 0 saturated carbocycles. The van der Waals surface area contributed by atoms with Crippen molar-refractivity contribution >= 4 is 108 Å². The third-order valence-electron chi connectivity index (χ3n) is 12.8. The molecule has 0 aliphatic carbocycles. The zero-order chi connectivity index (χ0) is 41.2. The van der Waals surface area contributed by atoms with Gasteiger partial charge in [-0.05, 0) is 86.9 Å². The smallest absolute Gasteiger partial charge is 0.166 e. The Balaban J connectivity index is 1.13. The molecule has 0 bridgehead atoms. The Hall–Kier alpha value is -8.19. The number of rotatable bonds is 4. The van der Waals surface area contributed by atoms with Crippen LogP contribution in [-0.2, 0) is 0 Å². The van der Waals surface area contributed by atoms with Gasteiger partial charge in [0.2, 0.25) is 0 Å². The van der Waals surface area contributed by atoms with Crippen LogP contribution in [-0.4, -0.2) is 19.5 Å². The first-order valence-electron chi connectivity index (χ1n) is 21.2. The van der Waals surface area contributed by atoms with Gasteiger partial charge in [-0.2, -0.15) is 0 Å². The molecule has 0 aliphatic heterocycles. The minimum Gasteiger partial charge on any atom is -0.456 e. The predicted molar refractivity (Wildman–Crippen MR) is 263 cm³/mol. The Morgan fingerprint density at radius 3 is 1.76 bits per heavy atom. The molecule has 0 aliphatic rings. The van der Waals surface area contributed by atoms with Crippen LogP contribution in [0.5, 0.6) is 0 Å². The first-order valence-corrected chi connectivity index (χ1v) is 22.0. The Kier molecular flexibility index (Phi) is 7.21. The second-order valence-electron chi connectivity index (χ2n) is 16.4. The van der Waals surface area contributed by atoms with Crippen molar-refractivity contribution in [3.05, 3.63) is 194 Å². The molecule has 0 unspecified atom stereocenters. The molecule has 14 aromatic rings. The highest BCUT2D eigenvalue weighted by atomic mass is 32.1. The maximum atomic E-state index is 6.83. The van der Waals surface area contributed by atoms with Crippen molar-refractivity contribution in [1.82, 2.24) is 19.5 Å². The maximum absolute atomic E-state index is 6.83. The summed E-state index contributed by atoms with van der Waals surface area (Å²) < 4.78 is 11.6. The second kappa shape index (κ2) is 13.2. The highest BCUT2D eigenvalue weighted by molar-refractivity contribution is 7.25. The number of para-hydroxylation sites is 1. The molecule has 6 heteroatoms. The molecule has 0 amide bonds. The third-order valence-corrected chi connectivity index (χ3v) is 13.9. The maximum Gasteiger partial charge on any atom is 0.166 e. The molecule has 5 nitrogen and oxygen atoms in total. The number of thiophene rings is 1. The van der Waals surface area contributed by atoms with E-state index in [1.54, 1.807) is 11.3 Å². The summed E-state index contributed by atoms with van der Waals surface area (Å²) in [5.41, 5.74) is 7.51. The molecular formula is C57H32N4OS. The quantitative estimate of drug-likeness (QED) is 0.177. The van der Waals surface area contributed by atoms with E-state index in [2.05, 4.69) is 199 Å². The molecule has 4 aromatic heterocycles. The molecule has 63 heavy (non-hydrogen) atoms. The number of benzene rings is 10. The van der Waals surface area contributed by atoms with E-state index in [-0.39, 0.29) is 0 Å². The van der Waals surface area contributed by atoms with Crippen LogP contribution in [0.25, 0.3) is 136 Å². The topological polar surface area (TPSA) is 56.7 Å². The van der Waals surface area contributed by atoms with Gasteiger partial charge in [0, 0.05) is 64.5 Å². The number of hydrogen-bond donors (Lipinski definition) is 0. The average Bonchev–Trinajstić information content (AvgIpc) is 4.00. The SMILES string of the molecule is c1ccc2cc(-c3nc(-c4cc5c(cc4-n4c6ccccc6c6cc7ccccc7cc64)oc4cc6ccccc6cc45)nc(-c4cccc5sc6ccccc6c45)n3)ccc2c1. The standard InChI is InChI=1S/C57H32N4OS/c1-2-13-34-26-39(25-24-33(34)12-1)55-58-56(42-20-11-23-53-54(42)41-19-8-10-22-52(41)63-53)60-57(59-55)46-31-45-44-28-36-15-4-6-17-38(36)30-50(44)62-51(45)32-49(46)61-47-21-9-7-18-40(47)43-27-35-14-3-5-16-37(35)29-48(43)61/h1-32H. The van der Waals surface area contributed by atoms with Crippen molar-refractivity contribution in [3.8, 4) is 39.9 Å². The lowest BCUT2D eigenvalue weighted by Crippen LogP contribution is -2.04. The summed E-state index contributed by atoms with van der Waals surface area (Å²) in [6.45, 7) is 0. The van der Waals surface area contributed by atoms with Crippen LogP contribution in [0.2, 0.25) is 0 Å². The van der Waals surface area contributed by atoms with Crippen molar-refractivity contribution in [2.75, 3.05) is 0 Å². The van der Waals surface area contributed by atoms with Crippen molar-refractivity contribution in [1.29, 1.82) is 0 Å². The lowest BCUT2D eigenvalue weighted by atomic mass is 10.0.